The van der Waals surface area contributed by atoms with Crippen LogP contribution in [0.2, 0.25) is 0 Å². The number of anilines is 1. The van der Waals surface area contributed by atoms with Crippen LogP contribution in [-0.2, 0) is 11.3 Å². The van der Waals surface area contributed by atoms with E-state index in [1.807, 2.05) is 17.0 Å². The molecule has 0 N–H and O–H groups in total. The smallest absolute Gasteiger partial charge is 0.408 e. The van der Waals surface area contributed by atoms with Gasteiger partial charge in [0.2, 0.25) is 5.91 Å². The minimum Gasteiger partial charge on any atom is -0.408 e. The van der Waals surface area contributed by atoms with Gasteiger partial charge in [-0.3, -0.25) is 9.36 Å². The molecule has 154 valence electrons. The molecule has 2 aromatic heterocycles. The van der Waals surface area contributed by atoms with Gasteiger partial charge in [-0.15, -0.1) is 0 Å². The standard InChI is InChI=1S/C22H22N4O3S/c1-14-7-8-15(2)20-19(14)23-21(30-20)25-11-9-24(10-12-25)18(27)13-26-16-5-3-4-6-17(16)29-22(26)28/h3-8H,9-13H2,1-2H3. The number of hydrogen-bond donors (Lipinski definition) is 0. The van der Waals surface area contributed by atoms with Crippen molar-refractivity contribution in [2.75, 3.05) is 31.1 Å². The third-order valence-electron chi connectivity index (χ3n) is 5.70. The number of para-hydroxylation sites is 2. The number of hydrogen-bond acceptors (Lipinski definition) is 6. The molecule has 4 aromatic rings. The number of oxazole rings is 1. The Hall–Kier alpha value is -3.13. The molecule has 2 aromatic carbocycles. The van der Waals surface area contributed by atoms with Crippen molar-refractivity contribution in [1.29, 1.82) is 0 Å². The fraction of sp³-hybridized carbons (Fsp3) is 0.318. The molecular formula is C22H22N4O3S. The summed E-state index contributed by atoms with van der Waals surface area (Å²) in [7, 11) is 0. The van der Waals surface area contributed by atoms with E-state index in [2.05, 4.69) is 30.9 Å². The predicted molar refractivity (Wildman–Crippen MR) is 118 cm³/mol. The molecule has 0 radical (unpaired) electrons. The van der Waals surface area contributed by atoms with Gasteiger partial charge in [0.05, 0.1) is 15.7 Å². The van der Waals surface area contributed by atoms with Crippen molar-refractivity contribution in [2.45, 2.75) is 20.4 Å². The summed E-state index contributed by atoms with van der Waals surface area (Å²) >= 11 is 1.71. The highest BCUT2D eigenvalue weighted by Crippen LogP contribution is 2.33. The first-order valence-corrected chi connectivity index (χ1v) is 10.8. The molecule has 0 aliphatic carbocycles. The molecule has 30 heavy (non-hydrogen) atoms. The average molecular weight is 423 g/mol. The first-order valence-electron chi connectivity index (χ1n) is 9.99. The van der Waals surface area contributed by atoms with E-state index in [0.717, 1.165) is 23.7 Å². The Balaban J connectivity index is 1.29. The number of benzene rings is 2. The summed E-state index contributed by atoms with van der Waals surface area (Å²) in [6.45, 7) is 6.87. The number of thiazole rings is 1. The van der Waals surface area contributed by atoms with Gasteiger partial charge in [-0.05, 0) is 37.1 Å². The minimum atomic E-state index is -0.497. The van der Waals surface area contributed by atoms with Crippen molar-refractivity contribution < 1.29 is 9.21 Å². The van der Waals surface area contributed by atoms with Gasteiger partial charge in [0.1, 0.15) is 6.54 Å². The third kappa shape index (κ3) is 3.17. The molecule has 1 aliphatic heterocycles. The number of piperazine rings is 1. The number of aryl methyl sites for hydroxylation is 2. The molecule has 0 bridgehead atoms. The lowest BCUT2D eigenvalue weighted by Gasteiger charge is -2.34. The van der Waals surface area contributed by atoms with Crippen LogP contribution in [0.25, 0.3) is 21.3 Å². The van der Waals surface area contributed by atoms with E-state index in [9.17, 15) is 9.59 Å². The van der Waals surface area contributed by atoms with E-state index in [1.165, 1.54) is 20.4 Å². The molecule has 8 heteroatoms. The number of aromatic nitrogens is 2. The largest absolute Gasteiger partial charge is 0.420 e. The van der Waals surface area contributed by atoms with Gasteiger partial charge in [-0.1, -0.05) is 35.6 Å². The monoisotopic (exact) mass is 422 g/mol. The second-order valence-corrected chi connectivity index (χ2v) is 8.64. The summed E-state index contributed by atoms with van der Waals surface area (Å²) < 4.78 is 7.87. The molecule has 5 rings (SSSR count). The van der Waals surface area contributed by atoms with Crippen LogP contribution >= 0.6 is 11.3 Å². The summed E-state index contributed by atoms with van der Waals surface area (Å²) in [6.07, 6.45) is 0. The zero-order valence-corrected chi connectivity index (χ0v) is 17.7. The van der Waals surface area contributed by atoms with E-state index < -0.39 is 5.76 Å². The normalized spacial score (nSPS) is 14.7. The van der Waals surface area contributed by atoms with Crippen LogP contribution in [0.15, 0.2) is 45.6 Å². The molecule has 3 heterocycles. The van der Waals surface area contributed by atoms with Crippen LogP contribution in [0, 0.1) is 13.8 Å². The maximum Gasteiger partial charge on any atom is 0.420 e. The van der Waals surface area contributed by atoms with Crippen molar-refractivity contribution in [3.63, 3.8) is 0 Å². The van der Waals surface area contributed by atoms with Crippen LogP contribution in [0.3, 0.4) is 0 Å². The summed E-state index contributed by atoms with van der Waals surface area (Å²) in [5.41, 5.74) is 4.64. The molecule has 1 fully saturated rings. The van der Waals surface area contributed by atoms with Gasteiger partial charge in [-0.25, -0.2) is 9.78 Å². The second-order valence-electron chi connectivity index (χ2n) is 7.66. The zero-order chi connectivity index (χ0) is 20.8. The van der Waals surface area contributed by atoms with Crippen molar-refractivity contribution in [3.8, 4) is 0 Å². The van der Waals surface area contributed by atoms with E-state index in [0.29, 0.717) is 24.2 Å². The summed E-state index contributed by atoms with van der Waals surface area (Å²) in [5, 5.41) is 1.01. The van der Waals surface area contributed by atoms with Crippen molar-refractivity contribution in [3.05, 3.63) is 58.1 Å². The number of carbonyl (C=O) groups is 1. The summed E-state index contributed by atoms with van der Waals surface area (Å²) in [5.74, 6) is -0.567. The van der Waals surface area contributed by atoms with Crippen molar-refractivity contribution in [1.82, 2.24) is 14.5 Å². The van der Waals surface area contributed by atoms with Crippen molar-refractivity contribution in [2.24, 2.45) is 0 Å². The quantitative estimate of drug-likeness (QED) is 0.507. The van der Waals surface area contributed by atoms with Gasteiger partial charge >= 0.3 is 5.76 Å². The van der Waals surface area contributed by atoms with Gasteiger partial charge in [-0.2, -0.15) is 0 Å². The van der Waals surface area contributed by atoms with Crippen LogP contribution in [0.5, 0.6) is 0 Å². The first-order chi connectivity index (χ1) is 14.5. The van der Waals surface area contributed by atoms with E-state index >= 15 is 0 Å². The second kappa shape index (κ2) is 7.28. The molecule has 1 aliphatic rings. The Bertz CT molecular complexity index is 1270. The third-order valence-corrected chi connectivity index (χ3v) is 6.95. The van der Waals surface area contributed by atoms with Crippen LogP contribution in [-0.4, -0.2) is 46.5 Å². The lowest BCUT2D eigenvalue weighted by molar-refractivity contribution is -0.132. The predicted octanol–water partition coefficient (Wildman–Crippen LogP) is 3.17. The van der Waals surface area contributed by atoms with E-state index in [-0.39, 0.29) is 12.5 Å². The molecule has 1 amide bonds. The van der Waals surface area contributed by atoms with Crippen molar-refractivity contribution >= 4 is 43.7 Å². The molecule has 0 atom stereocenters. The van der Waals surface area contributed by atoms with Gasteiger partial charge in [0.25, 0.3) is 0 Å². The Morgan fingerprint density at radius 3 is 2.57 bits per heavy atom. The summed E-state index contributed by atoms with van der Waals surface area (Å²) in [4.78, 5) is 33.9. The summed E-state index contributed by atoms with van der Waals surface area (Å²) in [6, 6.07) is 11.4. The average Bonchev–Trinajstić information content (AvgIpc) is 3.34. The van der Waals surface area contributed by atoms with Gasteiger partial charge in [0, 0.05) is 26.2 Å². The number of nitrogens with zero attached hydrogens (tertiary/aromatic N) is 4. The Labute approximate surface area is 177 Å². The molecule has 0 saturated carbocycles. The first kappa shape index (κ1) is 18.9. The minimum absolute atomic E-state index is 0.00459. The highest BCUT2D eigenvalue weighted by molar-refractivity contribution is 7.22. The molecule has 7 nitrogen and oxygen atoms in total. The molecule has 1 saturated heterocycles. The maximum atomic E-state index is 12.8. The fourth-order valence-corrected chi connectivity index (χ4v) is 5.09. The van der Waals surface area contributed by atoms with E-state index in [1.54, 1.807) is 23.5 Å². The highest BCUT2D eigenvalue weighted by Gasteiger charge is 2.24. The van der Waals surface area contributed by atoms with Crippen LogP contribution in [0.4, 0.5) is 5.13 Å². The molecule has 0 unspecified atom stereocenters. The van der Waals surface area contributed by atoms with Crippen LogP contribution in [0.1, 0.15) is 11.1 Å². The van der Waals surface area contributed by atoms with E-state index in [4.69, 9.17) is 9.40 Å². The number of carbonyl (C=O) groups excluding carboxylic acids is 1. The maximum absolute atomic E-state index is 12.8. The Morgan fingerprint density at radius 1 is 1.07 bits per heavy atom. The van der Waals surface area contributed by atoms with Crippen LogP contribution < -0.4 is 10.7 Å². The lowest BCUT2D eigenvalue weighted by atomic mass is 10.1. The molecular weight excluding hydrogens is 400 g/mol. The molecule has 0 spiro atoms. The highest BCUT2D eigenvalue weighted by atomic mass is 32.1. The van der Waals surface area contributed by atoms with Gasteiger partial charge < -0.3 is 14.2 Å². The SMILES string of the molecule is Cc1ccc(C)c2sc(N3CCN(C(=O)Cn4c(=O)oc5ccccc54)CC3)nc12. The Kier molecular flexibility index (Phi) is 4.58. The lowest BCUT2D eigenvalue weighted by Crippen LogP contribution is -2.50. The zero-order valence-electron chi connectivity index (χ0n) is 16.9. The number of fused-ring (bicyclic) bond motifs is 2. The Morgan fingerprint density at radius 2 is 1.80 bits per heavy atom. The topological polar surface area (TPSA) is 71.6 Å². The fourth-order valence-electron chi connectivity index (χ4n) is 3.93. The number of rotatable bonds is 3. The van der Waals surface area contributed by atoms with Gasteiger partial charge in [0.15, 0.2) is 10.7 Å². The number of amides is 1.